The predicted octanol–water partition coefficient (Wildman–Crippen LogP) is 2.40. The van der Waals surface area contributed by atoms with Gasteiger partial charge in [0, 0.05) is 0 Å². The van der Waals surface area contributed by atoms with Crippen LogP contribution in [-0.2, 0) is 0 Å². The summed E-state index contributed by atoms with van der Waals surface area (Å²) in [5, 5.41) is 22.0. The highest BCUT2D eigenvalue weighted by Gasteiger charge is 2.22. The van der Waals surface area contributed by atoms with Gasteiger partial charge in [-0.1, -0.05) is 12.1 Å². The topological polar surface area (TPSA) is 172 Å². The summed E-state index contributed by atoms with van der Waals surface area (Å²) in [5.74, 6) is -0.558. The fourth-order valence-electron chi connectivity index (χ4n) is 3.48. The quantitative estimate of drug-likeness (QED) is 0.430. The molecule has 1 unspecified atom stereocenters. The van der Waals surface area contributed by atoms with Crippen molar-refractivity contribution in [3.05, 3.63) is 75.6 Å². The lowest BCUT2D eigenvalue weighted by Gasteiger charge is -2.21. The van der Waals surface area contributed by atoms with Gasteiger partial charge < -0.3 is 16.8 Å². The molecule has 0 aliphatic carbocycles. The van der Waals surface area contributed by atoms with Crippen molar-refractivity contribution < 1.29 is 4.39 Å². The second kappa shape index (κ2) is 8.24. The maximum absolute atomic E-state index is 14.0. The molecule has 11 heteroatoms. The van der Waals surface area contributed by atoms with Crippen LogP contribution in [0.3, 0.4) is 0 Å². The van der Waals surface area contributed by atoms with Crippen molar-refractivity contribution in [3.63, 3.8) is 0 Å². The molecular weight excluding hydrogens is 425 g/mol. The first-order valence-corrected chi connectivity index (χ1v) is 9.65. The molecule has 0 aliphatic rings. The number of anilines is 3. The molecule has 4 aromatic rings. The normalized spacial score (nSPS) is 11.5. The van der Waals surface area contributed by atoms with Crippen molar-refractivity contribution >= 4 is 28.5 Å². The number of halogens is 1. The number of nitriles is 2. The number of aromatic nitrogens is 4. The fraction of sp³-hybridized carbons (Fsp3) is 0.0909. The van der Waals surface area contributed by atoms with E-state index in [1.807, 2.05) is 12.1 Å². The van der Waals surface area contributed by atoms with Crippen LogP contribution in [0.15, 0.2) is 47.3 Å². The van der Waals surface area contributed by atoms with Gasteiger partial charge in [-0.2, -0.15) is 20.5 Å². The van der Waals surface area contributed by atoms with Crippen LogP contribution in [0.4, 0.5) is 22.0 Å². The summed E-state index contributed by atoms with van der Waals surface area (Å²) in [7, 11) is 0. The molecule has 4 rings (SSSR count). The first-order chi connectivity index (χ1) is 15.8. The number of benzene rings is 2. The smallest absolute Gasteiger partial charge is 0.267 e. The highest BCUT2D eigenvalue weighted by atomic mass is 19.1. The Morgan fingerprint density at radius 3 is 2.55 bits per heavy atom. The summed E-state index contributed by atoms with van der Waals surface area (Å²) in [4.78, 5) is 25.9. The van der Waals surface area contributed by atoms with Crippen LogP contribution in [0, 0.1) is 28.5 Å². The van der Waals surface area contributed by atoms with Gasteiger partial charge >= 0.3 is 0 Å². The molecule has 0 radical (unpaired) electrons. The van der Waals surface area contributed by atoms with Crippen molar-refractivity contribution in [2.24, 2.45) is 0 Å². The third-order valence-electron chi connectivity index (χ3n) is 4.92. The molecule has 0 amide bonds. The number of rotatable bonds is 4. The van der Waals surface area contributed by atoms with Crippen LogP contribution in [0.2, 0.25) is 0 Å². The first-order valence-electron chi connectivity index (χ1n) is 9.65. The molecule has 10 nitrogen and oxygen atoms in total. The lowest BCUT2D eigenvalue weighted by Crippen LogP contribution is -2.28. The Hall–Kier alpha value is -5.03. The molecule has 0 saturated carbocycles. The van der Waals surface area contributed by atoms with E-state index in [9.17, 15) is 19.7 Å². The van der Waals surface area contributed by atoms with Gasteiger partial charge in [0.2, 0.25) is 5.95 Å². The number of nitrogens with two attached hydrogens (primary N) is 2. The third kappa shape index (κ3) is 3.75. The molecule has 2 heterocycles. The van der Waals surface area contributed by atoms with Gasteiger partial charge in [-0.3, -0.25) is 9.36 Å². The van der Waals surface area contributed by atoms with E-state index in [2.05, 4.69) is 20.3 Å². The Balaban J connectivity index is 1.98. The Kier molecular flexibility index (Phi) is 5.30. The summed E-state index contributed by atoms with van der Waals surface area (Å²) in [5.41, 5.74) is 11.5. The highest BCUT2D eigenvalue weighted by molar-refractivity contribution is 5.84. The average molecular weight is 441 g/mol. The number of hydrogen-bond donors (Lipinski definition) is 3. The number of nitrogens with one attached hydrogen (secondary N) is 1. The standard InChI is InChI=1S/C22H16FN9O/c1-11(28-19-15(10-25)18(26)30-22(27)31-19)20-29-16-7-2-4-12(9-24)17(16)21(33)32(20)14-6-3-5-13(23)8-14/h2-8,11H,1H3,(H5,26,27,28,30,31). The Labute approximate surface area is 186 Å². The molecule has 2 aromatic carbocycles. The van der Waals surface area contributed by atoms with Crippen molar-refractivity contribution in [1.29, 1.82) is 10.5 Å². The van der Waals surface area contributed by atoms with E-state index >= 15 is 0 Å². The lowest BCUT2D eigenvalue weighted by molar-refractivity contribution is 0.624. The van der Waals surface area contributed by atoms with Crippen LogP contribution < -0.4 is 22.3 Å². The van der Waals surface area contributed by atoms with Gasteiger partial charge in [0.15, 0.2) is 5.82 Å². The van der Waals surface area contributed by atoms with E-state index in [4.69, 9.17) is 11.5 Å². The van der Waals surface area contributed by atoms with Crippen LogP contribution >= 0.6 is 0 Å². The minimum atomic E-state index is -0.725. The molecule has 2 aromatic heterocycles. The van der Waals surface area contributed by atoms with Crippen LogP contribution in [0.1, 0.15) is 29.9 Å². The van der Waals surface area contributed by atoms with Crippen molar-refractivity contribution in [3.8, 4) is 17.8 Å². The molecule has 0 saturated heterocycles. The van der Waals surface area contributed by atoms with E-state index in [1.165, 1.54) is 28.8 Å². The van der Waals surface area contributed by atoms with Crippen molar-refractivity contribution in [2.45, 2.75) is 13.0 Å². The maximum atomic E-state index is 14.0. The summed E-state index contributed by atoms with van der Waals surface area (Å²) >= 11 is 0. The van der Waals surface area contributed by atoms with E-state index in [0.717, 1.165) is 0 Å². The minimum Gasteiger partial charge on any atom is -0.382 e. The predicted molar refractivity (Wildman–Crippen MR) is 120 cm³/mol. The van der Waals surface area contributed by atoms with E-state index < -0.39 is 17.4 Å². The van der Waals surface area contributed by atoms with Gasteiger partial charge in [0.05, 0.1) is 28.2 Å². The van der Waals surface area contributed by atoms with Gasteiger partial charge in [-0.15, -0.1) is 0 Å². The SMILES string of the molecule is CC(Nc1nc(N)nc(N)c1C#N)c1nc2cccc(C#N)c2c(=O)n1-c1cccc(F)c1. The number of fused-ring (bicyclic) bond motifs is 1. The second-order valence-corrected chi connectivity index (χ2v) is 7.07. The summed E-state index contributed by atoms with van der Waals surface area (Å²) in [6.07, 6.45) is 0. The van der Waals surface area contributed by atoms with Gasteiger partial charge in [-0.25, -0.2) is 9.37 Å². The Bertz CT molecular complexity index is 1550. The number of nitrogen functional groups attached to an aromatic ring is 2. The average Bonchev–Trinajstić information content (AvgIpc) is 2.78. The minimum absolute atomic E-state index is 0.0248. The molecule has 0 bridgehead atoms. The van der Waals surface area contributed by atoms with Crippen LogP contribution in [0.5, 0.6) is 0 Å². The van der Waals surface area contributed by atoms with E-state index in [-0.39, 0.29) is 51.1 Å². The fourth-order valence-corrected chi connectivity index (χ4v) is 3.48. The summed E-state index contributed by atoms with van der Waals surface area (Å²) < 4.78 is 15.2. The monoisotopic (exact) mass is 441 g/mol. The zero-order chi connectivity index (χ0) is 23.7. The number of hydrogen-bond acceptors (Lipinski definition) is 9. The van der Waals surface area contributed by atoms with Crippen LogP contribution in [-0.4, -0.2) is 19.5 Å². The first kappa shape index (κ1) is 21.2. The van der Waals surface area contributed by atoms with E-state index in [0.29, 0.717) is 0 Å². The Morgan fingerprint density at radius 2 is 1.85 bits per heavy atom. The van der Waals surface area contributed by atoms with E-state index in [1.54, 1.807) is 25.1 Å². The van der Waals surface area contributed by atoms with Gasteiger partial charge in [0.1, 0.15) is 35.2 Å². The zero-order valence-corrected chi connectivity index (χ0v) is 17.2. The zero-order valence-electron chi connectivity index (χ0n) is 17.2. The molecule has 1 atom stereocenters. The molecule has 0 aliphatic heterocycles. The number of nitrogens with zero attached hydrogens (tertiary/aromatic N) is 6. The maximum Gasteiger partial charge on any atom is 0.267 e. The van der Waals surface area contributed by atoms with Crippen molar-refractivity contribution in [2.75, 3.05) is 16.8 Å². The summed E-state index contributed by atoms with van der Waals surface area (Å²) in [6, 6.07) is 13.3. The third-order valence-corrected chi connectivity index (χ3v) is 4.92. The molecule has 0 fully saturated rings. The highest BCUT2D eigenvalue weighted by Crippen LogP contribution is 2.26. The molecule has 162 valence electrons. The largest absolute Gasteiger partial charge is 0.382 e. The van der Waals surface area contributed by atoms with Gasteiger partial charge in [-0.05, 0) is 37.3 Å². The Morgan fingerprint density at radius 1 is 1.09 bits per heavy atom. The van der Waals surface area contributed by atoms with Gasteiger partial charge in [0.25, 0.3) is 5.56 Å². The van der Waals surface area contributed by atoms with Crippen LogP contribution in [0.25, 0.3) is 16.6 Å². The molecule has 0 spiro atoms. The van der Waals surface area contributed by atoms with Crippen molar-refractivity contribution in [1.82, 2.24) is 19.5 Å². The summed E-state index contributed by atoms with van der Waals surface area (Å²) in [6.45, 7) is 1.67. The second-order valence-electron chi connectivity index (χ2n) is 7.07. The molecule has 33 heavy (non-hydrogen) atoms. The molecular formula is C22H16FN9O. The lowest BCUT2D eigenvalue weighted by atomic mass is 10.1. The molecule has 5 N–H and O–H groups in total.